The molecule has 0 aliphatic heterocycles. The van der Waals surface area contributed by atoms with Crippen LogP contribution in [0.5, 0.6) is 0 Å². The van der Waals surface area contributed by atoms with Crippen molar-refractivity contribution in [1.29, 1.82) is 0 Å². The van der Waals surface area contributed by atoms with E-state index in [0.29, 0.717) is 0 Å². The Morgan fingerprint density at radius 3 is 2.40 bits per heavy atom. The van der Waals surface area contributed by atoms with Crippen LogP contribution in [0.15, 0.2) is 22.7 Å². The van der Waals surface area contributed by atoms with Gasteiger partial charge in [0.2, 0.25) is 0 Å². The third-order valence-electron chi connectivity index (χ3n) is 2.01. The summed E-state index contributed by atoms with van der Waals surface area (Å²) in [5, 5.41) is 10.6. The highest BCUT2D eigenvalue weighted by molar-refractivity contribution is 9.10. The van der Waals surface area contributed by atoms with Gasteiger partial charge in [-0.2, -0.15) is 0 Å². The predicted octanol–water partition coefficient (Wildman–Crippen LogP) is 2.40. The van der Waals surface area contributed by atoms with Crippen LogP contribution in [0.25, 0.3) is 0 Å². The Balaban J connectivity index is 2.99. The number of carbonyl (C=O) groups is 1. The maximum atomic E-state index is 10.6. The standard InChI is InChI=1S/C12H15BrO2/c1-12(2,3)7-9-5-4-8(11(14)15)6-10(9)13/h4-6H,7H2,1-3H3,(H,14,15)/p-1. The first kappa shape index (κ1) is 12.2. The van der Waals surface area contributed by atoms with E-state index in [1.165, 1.54) is 0 Å². The molecule has 1 rings (SSSR count). The van der Waals surface area contributed by atoms with E-state index in [0.717, 1.165) is 16.5 Å². The van der Waals surface area contributed by atoms with Gasteiger partial charge in [-0.05, 0) is 29.0 Å². The molecular formula is C12H14BrO2-. The lowest BCUT2D eigenvalue weighted by molar-refractivity contribution is -0.255. The van der Waals surface area contributed by atoms with Crippen molar-refractivity contribution in [2.45, 2.75) is 27.2 Å². The van der Waals surface area contributed by atoms with E-state index >= 15 is 0 Å². The molecule has 82 valence electrons. The maximum absolute atomic E-state index is 10.6. The van der Waals surface area contributed by atoms with Gasteiger partial charge >= 0.3 is 0 Å². The Morgan fingerprint density at radius 1 is 1.40 bits per heavy atom. The van der Waals surface area contributed by atoms with Gasteiger partial charge in [-0.15, -0.1) is 0 Å². The molecule has 0 aromatic heterocycles. The summed E-state index contributed by atoms with van der Waals surface area (Å²) >= 11 is 3.38. The zero-order chi connectivity index (χ0) is 11.6. The third kappa shape index (κ3) is 3.67. The zero-order valence-electron chi connectivity index (χ0n) is 9.13. The highest BCUT2D eigenvalue weighted by atomic mass is 79.9. The quantitative estimate of drug-likeness (QED) is 0.827. The number of hydrogen-bond donors (Lipinski definition) is 0. The Bertz CT molecular complexity index is 378. The van der Waals surface area contributed by atoms with Crippen LogP contribution < -0.4 is 5.11 Å². The fraction of sp³-hybridized carbons (Fsp3) is 0.417. The smallest absolute Gasteiger partial charge is 0.0715 e. The first-order valence-electron chi connectivity index (χ1n) is 4.79. The normalized spacial score (nSPS) is 11.5. The van der Waals surface area contributed by atoms with Gasteiger partial charge in [-0.1, -0.05) is 48.8 Å². The second kappa shape index (κ2) is 4.35. The van der Waals surface area contributed by atoms with Crippen LogP contribution in [0.3, 0.4) is 0 Å². The van der Waals surface area contributed by atoms with Crippen molar-refractivity contribution in [3.05, 3.63) is 33.8 Å². The number of rotatable bonds is 2. The molecular weight excluding hydrogens is 256 g/mol. The highest BCUT2D eigenvalue weighted by Crippen LogP contribution is 2.26. The topological polar surface area (TPSA) is 40.1 Å². The Hall–Kier alpha value is -0.830. The van der Waals surface area contributed by atoms with E-state index in [1.807, 2.05) is 6.07 Å². The monoisotopic (exact) mass is 269 g/mol. The molecule has 0 saturated heterocycles. The molecule has 15 heavy (non-hydrogen) atoms. The highest BCUT2D eigenvalue weighted by Gasteiger charge is 2.13. The largest absolute Gasteiger partial charge is 0.545 e. The molecule has 2 nitrogen and oxygen atoms in total. The molecule has 0 radical (unpaired) electrons. The third-order valence-corrected chi connectivity index (χ3v) is 2.75. The number of halogens is 1. The minimum Gasteiger partial charge on any atom is -0.545 e. The van der Waals surface area contributed by atoms with Crippen LogP contribution >= 0.6 is 15.9 Å². The molecule has 0 bridgehead atoms. The molecule has 0 fully saturated rings. The van der Waals surface area contributed by atoms with E-state index in [2.05, 4.69) is 36.7 Å². The minimum atomic E-state index is -1.14. The lowest BCUT2D eigenvalue weighted by Crippen LogP contribution is -2.22. The average molecular weight is 270 g/mol. The summed E-state index contributed by atoms with van der Waals surface area (Å²) < 4.78 is 0.833. The molecule has 0 aliphatic carbocycles. The van der Waals surface area contributed by atoms with Gasteiger partial charge < -0.3 is 9.90 Å². The van der Waals surface area contributed by atoms with Crippen molar-refractivity contribution in [2.24, 2.45) is 5.41 Å². The average Bonchev–Trinajstić information content (AvgIpc) is 2.05. The van der Waals surface area contributed by atoms with Crippen LogP contribution in [0, 0.1) is 5.41 Å². The van der Waals surface area contributed by atoms with Crippen molar-refractivity contribution in [3.63, 3.8) is 0 Å². The molecule has 0 unspecified atom stereocenters. The SMILES string of the molecule is CC(C)(C)Cc1ccc(C(=O)[O-])cc1Br. The lowest BCUT2D eigenvalue weighted by atomic mass is 9.88. The number of carbonyl (C=O) groups excluding carboxylic acids is 1. The molecule has 0 aliphatic rings. The van der Waals surface area contributed by atoms with Crippen molar-refractivity contribution < 1.29 is 9.90 Å². The molecule has 0 N–H and O–H groups in total. The van der Waals surface area contributed by atoms with Gasteiger partial charge in [0.25, 0.3) is 0 Å². The summed E-state index contributed by atoms with van der Waals surface area (Å²) in [6, 6.07) is 5.01. The summed E-state index contributed by atoms with van der Waals surface area (Å²) in [5.41, 5.74) is 1.51. The number of carboxylic acids is 1. The molecule has 1 aromatic rings. The lowest BCUT2D eigenvalue weighted by Gasteiger charge is -2.19. The first-order valence-corrected chi connectivity index (χ1v) is 5.59. The van der Waals surface area contributed by atoms with Gasteiger partial charge in [-0.3, -0.25) is 0 Å². The first-order chi connectivity index (χ1) is 6.79. The van der Waals surface area contributed by atoms with Crippen molar-refractivity contribution in [3.8, 4) is 0 Å². The van der Waals surface area contributed by atoms with Crippen molar-refractivity contribution >= 4 is 21.9 Å². The van der Waals surface area contributed by atoms with Crippen LogP contribution in [0.1, 0.15) is 36.7 Å². The van der Waals surface area contributed by atoms with Gasteiger partial charge in [0.05, 0.1) is 5.97 Å². The molecule has 0 saturated carbocycles. The second-order valence-corrected chi connectivity index (χ2v) is 5.69. The van der Waals surface area contributed by atoms with E-state index in [9.17, 15) is 9.90 Å². The minimum absolute atomic E-state index is 0.186. The van der Waals surface area contributed by atoms with E-state index < -0.39 is 5.97 Å². The molecule has 3 heteroatoms. The summed E-state index contributed by atoms with van der Waals surface area (Å²) in [6.45, 7) is 6.43. The zero-order valence-corrected chi connectivity index (χ0v) is 10.7. The number of benzene rings is 1. The molecule has 0 heterocycles. The number of hydrogen-bond acceptors (Lipinski definition) is 2. The van der Waals surface area contributed by atoms with Crippen LogP contribution in [-0.2, 0) is 6.42 Å². The molecule has 0 amide bonds. The summed E-state index contributed by atoms with van der Waals surface area (Å²) in [5.74, 6) is -1.14. The van der Waals surface area contributed by atoms with E-state index in [-0.39, 0.29) is 11.0 Å². The van der Waals surface area contributed by atoms with Gasteiger partial charge in [0.15, 0.2) is 0 Å². The molecule has 0 atom stereocenters. The summed E-state index contributed by atoms with van der Waals surface area (Å²) in [4.78, 5) is 10.6. The Kier molecular flexibility index (Phi) is 3.55. The van der Waals surface area contributed by atoms with Crippen LogP contribution in [0.4, 0.5) is 0 Å². The van der Waals surface area contributed by atoms with Crippen molar-refractivity contribution in [1.82, 2.24) is 0 Å². The fourth-order valence-electron chi connectivity index (χ4n) is 1.39. The summed E-state index contributed by atoms with van der Waals surface area (Å²) in [7, 11) is 0. The van der Waals surface area contributed by atoms with E-state index in [4.69, 9.17) is 0 Å². The Labute approximate surface area is 98.4 Å². The summed E-state index contributed by atoms with van der Waals surface area (Å²) in [6.07, 6.45) is 0.904. The van der Waals surface area contributed by atoms with Crippen LogP contribution in [0.2, 0.25) is 0 Å². The maximum Gasteiger partial charge on any atom is 0.0715 e. The van der Waals surface area contributed by atoms with Gasteiger partial charge in [0.1, 0.15) is 0 Å². The fourth-order valence-corrected chi connectivity index (χ4v) is 1.91. The second-order valence-electron chi connectivity index (χ2n) is 4.83. The van der Waals surface area contributed by atoms with Gasteiger partial charge in [0, 0.05) is 4.47 Å². The predicted molar refractivity (Wildman–Crippen MR) is 61.6 cm³/mol. The van der Waals surface area contributed by atoms with E-state index in [1.54, 1.807) is 12.1 Å². The molecule has 0 spiro atoms. The number of aromatic carboxylic acids is 1. The van der Waals surface area contributed by atoms with Crippen LogP contribution in [-0.4, -0.2) is 5.97 Å². The van der Waals surface area contributed by atoms with Crippen molar-refractivity contribution in [2.75, 3.05) is 0 Å². The number of carboxylic acid groups (broad SMARTS) is 1. The Morgan fingerprint density at radius 2 is 2.00 bits per heavy atom. The van der Waals surface area contributed by atoms with Gasteiger partial charge in [-0.25, -0.2) is 0 Å². The molecule has 1 aromatic carbocycles.